The Morgan fingerprint density at radius 3 is 2.62 bits per heavy atom. The zero-order valence-corrected chi connectivity index (χ0v) is 12.1. The Kier molecular flexibility index (Phi) is 3.90. The number of halogens is 2. The summed E-state index contributed by atoms with van der Waals surface area (Å²) < 4.78 is 50.8. The number of sulfone groups is 1. The Labute approximate surface area is 119 Å². The van der Waals surface area contributed by atoms with Gasteiger partial charge in [-0.2, -0.15) is 0 Å². The number of hydrogen-bond donors (Lipinski definition) is 1. The molecule has 7 nitrogen and oxygen atoms in total. The zero-order valence-electron chi connectivity index (χ0n) is 11.3. The van der Waals surface area contributed by atoms with Gasteiger partial charge in [0, 0.05) is 12.3 Å². The number of nitrogen functional groups attached to an aromatic ring is 1. The molecule has 1 aromatic carbocycles. The van der Waals surface area contributed by atoms with Gasteiger partial charge in [0.1, 0.15) is 21.5 Å². The maximum atomic E-state index is 13.9. The van der Waals surface area contributed by atoms with Gasteiger partial charge in [-0.1, -0.05) is 0 Å². The minimum atomic E-state index is -3.27. The molecule has 0 aliphatic rings. The summed E-state index contributed by atoms with van der Waals surface area (Å²) in [6.45, 7) is 1.58. The lowest BCUT2D eigenvalue weighted by Crippen LogP contribution is -2.19. The summed E-state index contributed by atoms with van der Waals surface area (Å²) >= 11 is 0. The molecule has 0 saturated carbocycles. The van der Waals surface area contributed by atoms with Crippen molar-refractivity contribution in [2.24, 2.45) is 0 Å². The quantitative estimate of drug-likeness (QED) is 0.837. The van der Waals surface area contributed by atoms with Crippen LogP contribution in [0.5, 0.6) is 0 Å². The first-order chi connectivity index (χ1) is 9.69. The molecule has 1 atom stereocenters. The second-order valence-electron chi connectivity index (χ2n) is 4.74. The highest BCUT2D eigenvalue weighted by Gasteiger charge is 2.21. The molecule has 1 aromatic heterocycles. The van der Waals surface area contributed by atoms with Crippen molar-refractivity contribution in [2.75, 3.05) is 17.7 Å². The maximum absolute atomic E-state index is 13.9. The van der Waals surface area contributed by atoms with E-state index in [1.54, 1.807) is 6.92 Å². The van der Waals surface area contributed by atoms with Crippen LogP contribution in [0.25, 0.3) is 11.4 Å². The van der Waals surface area contributed by atoms with E-state index in [4.69, 9.17) is 5.73 Å². The van der Waals surface area contributed by atoms with Gasteiger partial charge in [0.25, 0.3) is 0 Å². The van der Waals surface area contributed by atoms with Crippen molar-refractivity contribution >= 4 is 15.5 Å². The third kappa shape index (κ3) is 3.32. The van der Waals surface area contributed by atoms with E-state index in [0.29, 0.717) is 6.07 Å². The van der Waals surface area contributed by atoms with Gasteiger partial charge in [0.2, 0.25) is 0 Å². The van der Waals surface area contributed by atoms with E-state index < -0.39 is 27.5 Å². The molecule has 21 heavy (non-hydrogen) atoms. The van der Waals surface area contributed by atoms with E-state index in [1.165, 1.54) is 0 Å². The van der Waals surface area contributed by atoms with E-state index >= 15 is 0 Å². The molecule has 0 saturated heterocycles. The lowest BCUT2D eigenvalue weighted by Gasteiger charge is -2.13. The van der Waals surface area contributed by atoms with E-state index in [9.17, 15) is 17.2 Å². The molecular weight excluding hydrogens is 304 g/mol. The summed E-state index contributed by atoms with van der Waals surface area (Å²) in [4.78, 5) is 0. The van der Waals surface area contributed by atoms with Gasteiger partial charge < -0.3 is 5.73 Å². The summed E-state index contributed by atoms with van der Waals surface area (Å²) in [6, 6.07) is 1.08. The fourth-order valence-corrected chi connectivity index (χ4v) is 2.93. The van der Waals surface area contributed by atoms with Gasteiger partial charge in [-0.25, -0.2) is 21.9 Å². The lowest BCUT2D eigenvalue weighted by atomic mass is 10.1. The van der Waals surface area contributed by atoms with Gasteiger partial charge in [0.15, 0.2) is 5.82 Å². The lowest BCUT2D eigenvalue weighted by molar-refractivity contribution is 0.507. The molecule has 10 heteroatoms. The van der Waals surface area contributed by atoms with Gasteiger partial charge >= 0.3 is 0 Å². The zero-order chi connectivity index (χ0) is 15.8. The highest BCUT2D eigenvalue weighted by molar-refractivity contribution is 7.90. The Morgan fingerprint density at radius 1 is 1.33 bits per heavy atom. The van der Waals surface area contributed by atoms with Gasteiger partial charge in [-0.05, 0) is 23.4 Å². The summed E-state index contributed by atoms with van der Waals surface area (Å²) in [5, 5.41) is 10.7. The van der Waals surface area contributed by atoms with E-state index in [1.807, 2.05) is 0 Å². The summed E-state index contributed by atoms with van der Waals surface area (Å²) in [5.41, 5.74) is 5.06. The topological polar surface area (TPSA) is 104 Å². The van der Waals surface area contributed by atoms with Crippen molar-refractivity contribution < 1.29 is 17.2 Å². The first-order valence-electron chi connectivity index (χ1n) is 5.89. The average molecular weight is 317 g/mol. The number of hydrogen-bond acceptors (Lipinski definition) is 6. The predicted octanol–water partition coefficient (Wildman–Crippen LogP) is 0.806. The van der Waals surface area contributed by atoms with Crippen LogP contribution in [-0.4, -0.2) is 40.6 Å². The van der Waals surface area contributed by atoms with Crippen LogP contribution in [0.4, 0.5) is 14.5 Å². The summed E-state index contributed by atoms with van der Waals surface area (Å²) in [5.74, 6) is -2.01. The van der Waals surface area contributed by atoms with E-state index in [-0.39, 0.29) is 22.8 Å². The van der Waals surface area contributed by atoms with Crippen LogP contribution in [-0.2, 0) is 9.84 Å². The first kappa shape index (κ1) is 15.3. The van der Waals surface area contributed by atoms with Gasteiger partial charge in [-0.15, -0.1) is 5.10 Å². The molecule has 0 aliphatic carbocycles. The second-order valence-corrected chi connectivity index (χ2v) is 6.93. The summed E-state index contributed by atoms with van der Waals surface area (Å²) in [7, 11) is -3.27. The molecule has 0 aliphatic heterocycles. The standard InChI is InChI=1S/C11H13F2N5O2S/c1-6(5-21(2,19)20)18-11(15-16-17-18)7-3-10(14)9(13)4-8(7)12/h3-4,6H,5,14H2,1-2H3. The van der Waals surface area contributed by atoms with E-state index in [0.717, 1.165) is 17.0 Å². The molecule has 0 bridgehead atoms. The molecule has 2 rings (SSSR count). The van der Waals surface area contributed by atoms with Crippen LogP contribution in [0, 0.1) is 11.6 Å². The molecular formula is C11H13F2N5O2S. The third-order valence-corrected chi connectivity index (χ3v) is 3.87. The Hall–Kier alpha value is -2.10. The highest BCUT2D eigenvalue weighted by atomic mass is 32.2. The van der Waals surface area contributed by atoms with Crippen LogP contribution in [0.3, 0.4) is 0 Å². The number of nitrogens with zero attached hydrogens (tertiary/aromatic N) is 4. The SMILES string of the molecule is CC(CS(C)(=O)=O)n1nnnc1-c1cc(N)c(F)cc1F. The molecule has 0 spiro atoms. The molecule has 0 fully saturated rings. The van der Waals surface area contributed by atoms with E-state index in [2.05, 4.69) is 15.5 Å². The second kappa shape index (κ2) is 5.35. The molecule has 1 unspecified atom stereocenters. The molecule has 114 valence electrons. The smallest absolute Gasteiger partial charge is 0.185 e. The van der Waals surface area contributed by atoms with Crippen LogP contribution in [0.1, 0.15) is 13.0 Å². The molecule has 0 radical (unpaired) electrons. The third-order valence-electron chi connectivity index (χ3n) is 2.78. The predicted molar refractivity (Wildman–Crippen MR) is 72.0 cm³/mol. The number of anilines is 1. The summed E-state index contributed by atoms with van der Waals surface area (Å²) in [6.07, 6.45) is 1.07. The molecule has 2 N–H and O–H groups in total. The van der Waals surface area contributed by atoms with Crippen molar-refractivity contribution in [2.45, 2.75) is 13.0 Å². The Bertz CT molecular complexity index is 775. The van der Waals surface area contributed by atoms with Crippen LogP contribution < -0.4 is 5.73 Å². The Morgan fingerprint density at radius 2 is 2.00 bits per heavy atom. The highest BCUT2D eigenvalue weighted by Crippen LogP contribution is 2.26. The van der Waals surface area contributed by atoms with Crippen molar-refractivity contribution in [3.63, 3.8) is 0 Å². The Balaban J connectivity index is 2.48. The molecule has 1 heterocycles. The number of rotatable bonds is 4. The minimum Gasteiger partial charge on any atom is -0.396 e. The number of benzene rings is 1. The monoisotopic (exact) mass is 317 g/mol. The van der Waals surface area contributed by atoms with Crippen LogP contribution >= 0.6 is 0 Å². The normalized spacial score (nSPS) is 13.3. The van der Waals surface area contributed by atoms with Crippen LogP contribution in [0.2, 0.25) is 0 Å². The van der Waals surface area contributed by atoms with Gasteiger partial charge in [-0.3, -0.25) is 0 Å². The number of tetrazole rings is 1. The molecule has 2 aromatic rings. The average Bonchev–Trinajstić information content (AvgIpc) is 2.80. The van der Waals surface area contributed by atoms with Crippen molar-refractivity contribution in [1.82, 2.24) is 20.2 Å². The number of aromatic nitrogens is 4. The van der Waals surface area contributed by atoms with Crippen molar-refractivity contribution in [1.29, 1.82) is 0 Å². The minimum absolute atomic E-state index is 0.0182. The van der Waals surface area contributed by atoms with Crippen LogP contribution in [0.15, 0.2) is 12.1 Å². The van der Waals surface area contributed by atoms with Gasteiger partial charge in [0.05, 0.1) is 23.0 Å². The first-order valence-corrected chi connectivity index (χ1v) is 7.95. The van der Waals surface area contributed by atoms with Crippen molar-refractivity contribution in [3.05, 3.63) is 23.8 Å². The fraction of sp³-hybridized carbons (Fsp3) is 0.364. The molecule has 0 amide bonds. The van der Waals surface area contributed by atoms with Crippen molar-refractivity contribution in [3.8, 4) is 11.4 Å². The largest absolute Gasteiger partial charge is 0.396 e. The number of nitrogens with two attached hydrogens (primary N) is 1. The maximum Gasteiger partial charge on any atom is 0.185 e. The fourth-order valence-electron chi connectivity index (χ4n) is 1.91.